The van der Waals surface area contributed by atoms with Gasteiger partial charge in [-0.3, -0.25) is 0 Å². The Hall–Kier alpha value is -1.71. The summed E-state index contributed by atoms with van der Waals surface area (Å²) in [4.78, 5) is 2.50. The number of nitrogens with two attached hydrogens (primary N) is 1. The van der Waals surface area contributed by atoms with Crippen LogP contribution in [0, 0.1) is 5.41 Å². The van der Waals surface area contributed by atoms with Crippen molar-refractivity contribution >= 4 is 11.5 Å². The normalized spacial score (nSPS) is 15.9. The highest BCUT2D eigenvalue weighted by Crippen LogP contribution is 2.28. The van der Waals surface area contributed by atoms with Crippen LogP contribution in [0.1, 0.15) is 45.1 Å². The summed E-state index contributed by atoms with van der Waals surface area (Å²) in [6.07, 6.45) is 5.60. The van der Waals surface area contributed by atoms with Gasteiger partial charge in [0.15, 0.2) is 0 Å². The van der Waals surface area contributed by atoms with Crippen molar-refractivity contribution in [2.75, 3.05) is 18.0 Å². The number of rotatable bonds is 6. The molecule has 0 unspecified atom stereocenters. The third-order valence-corrected chi connectivity index (χ3v) is 4.49. The predicted molar refractivity (Wildman–Crippen MR) is 88.0 cm³/mol. The average Bonchev–Trinajstić information content (AvgIpc) is 2.50. The molecule has 0 radical (unpaired) electrons. The van der Waals surface area contributed by atoms with Crippen LogP contribution in [0.15, 0.2) is 29.4 Å². The maximum atomic E-state index is 8.79. The lowest BCUT2D eigenvalue weighted by Gasteiger charge is -2.31. The van der Waals surface area contributed by atoms with Crippen LogP contribution in [0.4, 0.5) is 5.69 Å². The van der Waals surface area contributed by atoms with E-state index in [2.05, 4.69) is 34.3 Å². The molecular weight excluding hydrogens is 262 g/mol. The van der Waals surface area contributed by atoms with Crippen LogP contribution in [0.3, 0.4) is 0 Å². The largest absolute Gasteiger partial charge is 0.409 e. The van der Waals surface area contributed by atoms with Crippen molar-refractivity contribution in [2.45, 2.75) is 46.0 Å². The van der Waals surface area contributed by atoms with E-state index in [0.717, 1.165) is 32.4 Å². The summed E-state index contributed by atoms with van der Waals surface area (Å²) in [6, 6.07) is 8.72. The van der Waals surface area contributed by atoms with Crippen LogP contribution in [0.25, 0.3) is 0 Å². The van der Waals surface area contributed by atoms with Gasteiger partial charge in [-0.2, -0.15) is 0 Å². The summed E-state index contributed by atoms with van der Waals surface area (Å²) in [5.41, 5.74) is 8.38. The van der Waals surface area contributed by atoms with Crippen molar-refractivity contribution in [1.82, 2.24) is 0 Å². The monoisotopic (exact) mass is 289 g/mol. The molecule has 0 atom stereocenters. The number of fused-ring (bicyclic) bond motifs is 1. The Morgan fingerprint density at radius 3 is 2.86 bits per heavy atom. The first kappa shape index (κ1) is 15.7. The van der Waals surface area contributed by atoms with E-state index in [1.165, 1.54) is 24.1 Å². The number of nitrogens with zero attached hydrogens (tertiary/aromatic N) is 2. The first-order valence-corrected chi connectivity index (χ1v) is 7.85. The van der Waals surface area contributed by atoms with Crippen molar-refractivity contribution in [3.05, 3.63) is 29.8 Å². The Morgan fingerprint density at radius 2 is 2.10 bits per heavy atom. The number of amidine groups is 1. The molecule has 1 aromatic carbocycles. The second-order valence-electron chi connectivity index (χ2n) is 6.55. The summed E-state index contributed by atoms with van der Waals surface area (Å²) in [5.74, 6) is 0.325. The number of unbranched alkanes of at least 4 members (excludes halogenated alkanes) is 1. The molecule has 0 spiro atoms. The summed E-state index contributed by atoms with van der Waals surface area (Å²) < 4.78 is 0. The molecule has 116 valence electrons. The van der Waals surface area contributed by atoms with Crippen molar-refractivity contribution in [3.63, 3.8) is 0 Å². The Kier molecular flexibility index (Phi) is 5.10. The van der Waals surface area contributed by atoms with Gasteiger partial charge in [0, 0.05) is 24.2 Å². The highest BCUT2D eigenvalue weighted by Gasteiger charge is 2.23. The minimum absolute atomic E-state index is 0.228. The SMILES string of the molecule is CC(C)(CCCCN1CCCc2ccccc21)/C(N)=N/O. The summed E-state index contributed by atoms with van der Waals surface area (Å²) in [6.45, 7) is 6.29. The van der Waals surface area contributed by atoms with Gasteiger partial charge in [-0.05, 0) is 37.3 Å². The molecular formula is C17H27N3O. The van der Waals surface area contributed by atoms with Gasteiger partial charge in [0.05, 0.1) is 0 Å². The number of para-hydroxylation sites is 1. The molecule has 1 aliphatic rings. The van der Waals surface area contributed by atoms with E-state index in [1.54, 1.807) is 0 Å². The van der Waals surface area contributed by atoms with E-state index in [9.17, 15) is 0 Å². The summed E-state index contributed by atoms with van der Waals surface area (Å²) in [7, 11) is 0. The number of aryl methyl sites for hydroxylation is 1. The smallest absolute Gasteiger partial charge is 0.144 e. The number of oxime groups is 1. The summed E-state index contributed by atoms with van der Waals surface area (Å²) in [5, 5.41) is 11.9. The Bertz CT molecular complexity index is 497. The van der Waals surface area contributed by atoms with Gasteiger partial charge in [0.25, 0.3) is 0 Å². The number of anilines is 1. The van der Waals surface area contributed by atoms with Crippen LogP contribution in [-0.2, 0) is 6.42 Å². The fourth-order valence-electron chi connectivity index (χ4n) is 2.98. The molecule has 0 amide bonds. The molecule has 3 N–H and O–H groups in total. The maximum Gasteiger partial charge on any atom is 0.144 e. The first-order chi connectivity index (χ1) is 10.0. The number of hydrogen-bond acceptors (Lipinski definition) is 3. The summed E-state index contributed by atoms with van der Waals surface area (Å²) >= 11 is 0. The first-order valence-electron chi connectivity index (χ1n) is 7.85. The van der Waals surface area contributed by atoms with Gasteiger partial charge in [-0.15, -0.1) is 0 Å². The second-order valence-corrected chi connectivity index (χ2v) is 6.55. The molecule has 21 heavy (non-hydrogen) atoms. The highest BCUT2D eigenvalue weighted by molar-refractivity contribution is 5.85. The van der Waals surface area contributed by atoms with Gasteiger partial charge >= 0.3 is 0 Å². The quantitative estimate of drug-likeness (QED) is 0.277. The van der Waals surface area contributed by atoms with Crippen LogP contribution >= 0.6 is 0 Å². The lowest BCUT2D eigenvalue weighted by molar-refractivity contribution is 0.304. The minimum atomic E-state index is -0.228. The second kappa shape index (κ2) is 6.83. The van der Waals surface area contributed by atoms with Gasteiger partial charge < -0.3 is 15.8 Å². The highest BCUT2D eigenvalue weighted by atomic mass is 16.4. The van der Waals surface area contributed by atoms with Gasteiger partial charge in [-0.1, -0.05) is 43.6 Å². The maximum absolute atomic E-state index is 8.79. The zero-order valence-electron chi connectivity index (χ0n) is 13.2. The fraction of sp³-hybridized carbons (Fsp3) is 0.588. The third-order valence-electron chi connectivity index (χ3n) is 4.49. The van der Waals surface area contributed by atoms with Gasteiger partial charge in [0.1, 0.15) is 5.84 Å². The van der Waals surface area contributed by atoms with Crippen molar-refractivity contribution in [3.8, 4) is 0 Å². The van der Waals surface area contributed by atoms with E-state index in [4.69, 9.17) is 10.9 Å². The van der Waals surface area contributed by atoms with Crippen molar-refractivity contribution in [2.24, 2.45) is 16.3 Å². The molecule has 0 aliphatic carbocycles. The zero-order valence-corrected chi connectivity index (χ0v) is 13.2. The van der Waals surface area contributed by atoms with Crippen molar-refractivity contribution in [1.29, 1.82) is 0 Å². The third kappa shape index (κ3) is 3.90. The molecule has 4 nitrogen and oxygen atoms in total. The van der Waals surface area contributed by atoms with Crippen molar-refractivity contribution < 1.29 is 5.21 Å². The molecule has 2 rings (SSSR count). The van der Waals surface area contributed by atoms with E-state index in [1.807, 2.05) is 13.8 Å². The topological polar surface area (TPSA) is 61.8 Å². The molecule has 0 saturated heterocycles. The van der Waals surface area contributed by atoms with E-state index < -0.39 is 0 Å². The van der Waals surface area contributed by atoms with Gasteiger partial charge in [-0.25, -0.2) is 0 Å². The number of hydrogen-bond donors (Lipinski definition) is 2. The lowest BCUT2D eigenvalue weighted by Crippen LogP contribution is -2.33. The van der Waals surface area contributed by atoms with Crippen LogP contribution < -0.4 is 10.6 Å². The molecule has 1 heterocycles. The van der Waals surface area contributed by atoms with E-state index in [-0.39, 0.29) is 5.41 Å². The standard InChI is InChI=1S/C17H27N3O/c1-17(2,16(18)19-21)11-5-6-12-20-13-7-9-14-8-3-4-10-15(14)20/h3-4,8,10,21H,5-7,9,11-13H2,1-2H3,(H2,18,19). The average molecular weight is 289 g/mol. The Morgan fingerprint density at radius 1 is 1.33 bits per heavy atom. The minimum Gasteiger partial charge on any atom is -0.409 e. The van der Waals surface area contributed by atoms with Crippen LogP contribution in [0.5, 0.6) is 0 Å². The van der Waals surface area contributed by atoms with Crippen LogP contribution in [0.2, 0.25) is 0 Å². The number of benzene rings is 1. The molecule has 1 aliphatic heterocycles. The van der Waals surface area contributed by atoms with E-state index >= 15 is 0 Å². The van der Waals surface area contributed by atoms with E-state index in [0.29, 0.717) is 5.84 Å². The predicted octanol–water partition coefficient (Wildman–Crippen LogP) is 3.38. The molecule has 0 saturated carbocycles. The fourth-order valence-corrected chi connectivity index (χ4v) is 2.98. The Balaban J connectivity index is 1.83. The lowest BCUT2D eigenvalue weighted by atomic mass is 9.86. The molecule has 4 heteroatoms. The van der Waals surface area contributed by atoms with Gasteiger partial charge in [0.2, 0.25) is 0 Å². The molecule has 0 bridgehead atoms. The van der Waals surface area contributed by atoms with Crippen LogP contribution in [-0.4, -0.2) is 24.1 Å². The molecule has 0 fully saturated rings. The molecule has 1 aromatic rings. The zero-order chi connectivity index (χ0) is 15.3. The Labute approximate surface area is 127 Å². The molecule has 0 aromatic heterocycles.